The van der Waals surface area contributed by atoms with Gasteiger partial charge in [0.05, 0.1) is 19.3 Å². The molecule has 0 radical (unpaired) electrons. The molecule has 3 rings (SSSR count). The smallest absolute Gasteiger partial charge is 0.310 e. The van der Waals surface area contributed by atoms with E-state index in [0.717, 1.165) is 38.6 Å². The van der Waals surface area contributed by atoms with E-state index in [4.69, 9.17) is 13.9 Å². The maximum Gasteiger partial charge on any atom is 0.310 e. The molecule has 0 unspecified atom stereocenters. The molecule has 0 N–H and O–H groups in total. The summed E-state index contributed by atoms with van der Waals surface area (Å²) in [6.45, 7) is 4.63. The standard InChI is InChI=1S/C21H21BrO4/c1-3-14-5-6-15(10-21(23)24-4-2)20(9-14)26-13-16-12-25-19-8-7-17(22)11-18(16)19/h5-9,11-12H,3-4,10,13H2,1-2H3. The molecule has 136 valence electrons. The van der Waals surface area contributed by atoms with Gasteiger partial charge in [0, 0.05) is 21.0 Å². The first-order valence-corrected chi connectivity index (χ1v) is 9.45. The van der Waals surface area contributed by atoms with Crippen molar-refractivity contribution in [1.82, 2.24) is 0 Å². The van der Waals surface area contributed by atoms with Gasteiger partial charge in [-0.15, -0.1) is 0 Å². The van der Waals surface area contributed by atoms with Gasteiger partial charge in [0.25, 0.3) is 0 Å². The number of hydrogen-bond acceptors (Lipinski definition) is 4. The van der Waals surface area contributed by atoms with E-state index < -0.39 is 0 Å². The highest BCUT2D eigenvalue weighted by atomic mass is 79.9. The van der Waals surface area contributed by atoms with E-state index in [2.05, 4.69) is 22.9 Å². The molecule has 3 aromatic rings. The Morgan fingerprint density at radius 2 is 1.96 bits per heavy atom. The molecule has 0 aliphatic carbocycles. The van der Waals surface area contributed by atoms with E-state index in [0.29, 0.717) is 19.0 Å². The van der Waals surface area contributed by atoms with Crippen molar-refractivity contribution in [1.29, 1.82) is 0 Å². The van der Waals surface area contributed by atoms with Crippen molar-refractivity contribution in [3.05, 3.63) is 63.8 Å². The van der Waals surface area contributed by atoms with E-state index in [1.54, 1.807) is 13.2 Å². The van der Waals surface area contributed by atoms with Crippen LogP contribution in [-0.2, 0) is 29.0 Å². The molecule has 0 saturated carbocycles. The molecule has 2 aromatic carbocycles. The van der Waals surface area contributed by atoms with Gasteiger partial charge in [-0.05, 0) is 43.2 Å². The highest BCUT2D eigenvalue weighted by molar-refractivity contribution is 9.10. The molecule has 26 heavy (non-hydrogen) atoms. The third-order valence-electron chi connectivity index (χ3n) is 4.18. The predicted molar refractivity (Wildman–Crippen MR) is 104 cm³/mol. The SMILES string of the molecule is CCOC(=O)Cc1ccc(CC)cc1OCc1coc2ccc(Br)cc12. The van der Waals surface area contributed by atoms with Gasteiger partial charge in [0.2, 0.25) is 0 Å². The highest BCUT2D eigenvalue weighted by Crippen LogP contribution is 2.28. The molecule has 0 amide bonds. The van der Waals surface area contributed by atoms with Gasteiger partial charge in [0.15, 0.2) is 0 Å². The number of hydrogen-bond donors (Lipinski definition) is 0. The van der Waals surface area contributed by atoms with Gasteiger partial charge in [0.1, 0.15) is 17.9 Å². The van der Waals surface area contributed by atoms with Crippen molar-refractivity contribution in [2.45, 2.75) is 33.3 Å². The minimum Gasteiger partial charge on any atom is -0.488 e. The Balaban J connectivity index is 1.83. The lowest BCUT2D eigenvalue weighted by Crippen LogP contribution is -2.09. The number of esters is 1. The molecule has 5 heteroatoms. The Morgan fingerprint density at radius 1 is 1.12 bits per heavy atom. The molecule has 0 bridgehead atoms. The number of furan rings is 1. The van der Waals surface area contributed by atoms with Crippen LogP contribution in [0.4, 0.5) is 0 Å². The second-order valence-corrected chi connectivity index (χ2v) is 6.88. The number of carbonyl (C=O) groups is 1. The van der Waals surface area contributed by atoms with Crippen molar-refractivity contribution < 1.29 is 18.7 Å². The zero-order chi connectivity index (χ0) is 18.5. The minimum absolute atomic E-state index is 0.199. The molecule has 0 saturated heterocycles. The van der Waals surface area contributed by atoms with E-state index in [1.165, 1.54) is 0 Å². The third-order valence-corrected chi connectivity index (χ3v) is 4.67. The van der Waals surface area contributed by atoms with Crippen LogP contribution in [0.15, 0.2) is 51.6 Å². The Kier molecular flexibility index (Phi) is 5.99. The van der Waals surface area contributed by atoms with Gasteiger partial charge in [-0.2, -0.15) is 0 Å². The summed E-state index contributed by atoms with van der Waals surface area (Å²) in [6.07, 6.45) is 2.81. The van der Waals surface area contributed by atoms with Gasteiger partial charge in [-0.25, -0.2) is 0 Å². The summed E-state index contributed by atoms with van der Waals surface area (Å²) in [5, 5.41) is 1.01. The maximum atomic E-state index is 11.9. The van der Waals surface area contributed by atoms with E-state index in [-0.39, 0.29) is 12.4 Å². The minimum atomic E-state index is -0.251. The highest BCUT2D eigenvalue weighted by Gasteiger charge is 2.13. The maximum absolute atomic E-state index is 11.9. The fourth-order valence-electron chi connectivity index (χ4n) is 2.79. The molecule has 0 atom stereocenters. The Labute approximate surface area is 161 Å². The van der Waals surface area contributed by atoms with Crippen LogP contribution >= 0.6 is 15.9 Å². The van der Waals surface area contributed by atoms with Crippen LogP contribution in [0.25, 0.3) is 11.0 Å². The first kappa shape index (κ1) is 18.5. The topological polar surface area (TPSA) is 48.7 Å². The molecule has 1 aromatic heterocycles. The second-order valence-electron chi connectivity index (χ2n) is 5.97. The fraction of sp³-hybridized carbons (Fsp3) is 0.286. The molecule has 4 nitrogen and oxygen atoms in total. The molecule has 0 aliphatic heterocycles. The predicted octanol–water partition coefficient (Wildman–Crippen LogP) is 5.44. The summed E-state index contributed by atoms with van der Waals surface area (Å²) in [5.41, 5.74) is 3.77. The van der Waals surface area contributed by atoms with E-state index in [9.17, 15) is 4.79 Å². The average molecular weight is 417 g/mol. The molecular formula is C21H21BrO4. The van der Waals surface area contributed by atoms with Crippen LogP contribution in [0, 0.1) is 0 Å². The van der Waals surface area contributed by atoms with Crippen molar-refractivity contribution in [2.24, 2.45) is 0 Å². The van der Waals surface area contributed by atoms with Crippen molar-refractivity contribution >= 4 is 32.9 Å². The van der Waals surface area contributed by atoms with Gasteiger partial charge in [-0.3, -0.25) is 4.79 Å². The lowest BCUT2D eigenvalue weighted by Gasteiger charge is -2.12. The van der Waals surface area contributed by atoms with Gasteiger partial charge < -0.3 is 13.9 Å². The third kappa shape index (κ3) is 4.28. The van der Waals surface area contributed by atoms with Crippen LogP contribution in [-0.4, -0.2) is 12.6 Å². The van der Waals surface area contributed by atoms with Crippen LogP contribution in [0.2, 0.25) is 0 Å². The summed E-state index contributed by atoms with van der Waals surface area (Å²) < 4.78 is 17.7. The Morgan fingerprint density at radius 3 is 2.73 bits per heavy atom. The van der Waals surface area contributed by atoms with Crippen molar-refractivity contribution in [3.8, 4) is 5.75 Å². The zero-order valence-electron chi connectivity index (χ0n) is 14.9. The Bertz CT molecular complexity index is 914. The number of rotatable bonds is 7. The van der Waals surface area contributed by atoms with E-state index >= 15 is 0 Å². The van der Waals surface area contributed by atoms with Crippen LogP contribution in [0.5, 0.6) is 5.75 Å². The summed E-state index contributed by atoms with van der Waals surface area (Å²) in [5.74, 6) is 0.459. The van der Waals surface area contributed by atoms with Gasteiger partial charge >= 0.3 is 5.97 Å². The summed E-state index contributed by atoms with van der Waals surface area (Å²) in [7, 11) is 0. The normalized spacial score (nSPS) is 10.9. The van der Waals surface area contributed by atoms with Crippen molar-refractivity contribution in [3.63, 3.8) is 0 Å². The molecule has 0 aliphatic rings. The lowest BCUT2D eigenvalue weighted by atomic mass is 10.1. The molecular weight excluding hydrogens is 396 g/mol. The van der Waals surface area contributed by atoms with Crippen LogP contribution in [0.3, 0.4) is 0 Å². The summed E-state index contributed by atoms with van der Waals surface area (Å²) in [4.78, 5) is 11.9. The average Bonchev–Trinajstić information content (AvgIpc) is 3.03. The number of halogens is 1. The fourth-order valence-corrected chi connectivity index (χ4v) is 3.15. The number of benzene rings is 2. The zero-order valence-corrected chi connectivity index (χ0v) is 16.5. The summed E-state index contributed by atoms with van der Waals surface area (Å²) in [6, 6.07) is 11.8. The molecule has 0 spiro atoms. The quantitative estimate of drug-likeness (QED) is 0.480. The summed E-state index contributed by atoms with van der Waals surface area (Å²) >= 11 is 3.49. The molecule has 1 heterocycles. The number of aryl methyl sites for hydroxylation is 1. The first-order chi connectivity index (χ1) is 12.6. The number of carbonyl (C=O) groups excluding carboxylic acids is 1. The van der Waals surface area contributed by atoms with E-state index in [1.807, 2.05) is 36.4 Å². The molecule has 0 fully saturated rings. The van der Waals surface area contributed by atoms with Crippen molar-refractivity contribution in [2.75, 3.05) is 6.61 Å². The largest absolute Gasteiger partial charge is 0.488 e. The lowest BCUT2D eigenvalue weighted by molar-refractivity contribution is -0.142. The van der Waals surface area contributed by atoms with Gasteiger partial charge in [-0.1, -0.05) is 35.0 Å². The number of fused-ring (bicyclic) bond motifs is 1. The Hall–Kier alpha value is -2.27. The van der Waals surface area contributed by atoms with Crippen LogP contribution < -0.4 is 4.74 Å². The van der Waals surface area contributed by atoms with Crippen LogP contribution in [0.1, 0.15) is 30.5 Å². The second kappa shape index (κ2) is 8.41. The first-order valence-electron chi connectivity index (χ1n) is 8.66. The monoisotopic (exact) mass is 416 g/mol. The number of ether oxygens (including phenoxy) is 2.